The molecule has 3 amide bonds. The largest absolute Gasteiger partial charge is 0.364 e. The quantitative estimate of drug-likeness (QED) is 0.296. The number of rotatable bonds is 7. The fourth-order valence-electron chi connectivity index (χ4n) is 6.16. The number of pyridine rings is 1. The summed E-state index contributed by atoms with van der Waals surface area (Å²) in [5.41, 5.74) is 7.98. The van der Waals surface area contributed by atoms with Crippen LogP contribution < -0.4 is 16.0 Å². The maximum absolute atomic E-state index is 13.7. The molecule has 2 aliphatic heterocycles. The second-order valence-electron chi connectivity index (χ2n) is 11.0. The third kappa shape index (κ3) is 4.87. The Hall–Kier alpha value is -4.39. The molecule has 2 saturated heterocycles. The van der Waals surface area contributed by atoms with Crippen molar-refractivity contribution in [3.05, 3.63) is 59.1 Å². The fraction of sp³-hybridized carbons (Fsp3) is 0.345. The number of piperidine rings is 1. The van der Waals surface area contributed by atoms with Crippen LogP contribution in [0.1, 0.15) is 36.2 Å². The molecule has 3 unspecified atom stereocenters. The van der Waals surface area contributed by atoms with E-state index in [9.17, 15) is 14.4 Å². The molecule has 3 aromatic heterocycles. The minimum atomic E-state index is -0.689. The van der Waals surface area contributed by atoms with Crippen molar-refractivity contribution in [3.8, 4) is 11.1 Å². The van der Waals surface area contributed by atoms with Gasteiger partial charge in [0.1, 0.15) is 23.0 Å². The first kappa shape index (κ1) is 26.5. The summed E-state index contributed by atoms with van der Waals surface area (Å²) in [5, 5.41) is 7.80. The van der Waals surface area contributed by atoms with Gasteiger partial charge in [-0.15, -0.1) is 0 Å². The molecule has 5 heterocycles. The third-order valence-corrected chi connectivity index (χ3v) is 8.73. The molecule has 0 radical (unpaired) electrons. The molecule has 3 N–H and O–H groups in total. The van der Waals surface area contributed by atoms with Crippen molar-refractivity contribution in [1.82, 2.24) is 29.6 Å². The molecular formula is C29H28BrN9O3. The van der Waals surface area contributed by atoms with Gasteiger partial charge in [-0.1, -0.05) is 12.1 Å². The Morgan fingerprint density at radius 3 is 2.55 bits per heavy atom. The highest BCUT2D eigenvalue weighted by atomic mass is 79.9. The zero-order chi connectivity index (χ0) is 29.0. The van der Waals surface area contributed by atoms with E-state index in [1.54, 1.807) is 35.5 Å². The highest BCUT2D eigenvalue weighted by Gasteiger charge is 2.56. The lowest BCUT2D eigenvalue weighted by Gasteiger charge is -2.26. The van der Waals surface area contributed by atoms with E-state index < -0.39 is 11.9 Å². The van der Waals surface area contributed by atoms with Gasteiger partial charge in [0.15, 0.2) is 5.69 Å². The summed E-state index contributed by atoms with van der Waals surface area (Å²) in [4.78, 5) is 56.4. The van der Waals surface area contributed by atoms with Gasteiger partial charge in [-0.2, -0.15) is 5.10 Å². The minimum absolute atomic E-state index is 0.0243. The van der Waals surface area contributed by atoms with Gasteiger partial charge in [0.25, 0.3) is 5.91 Å². The average Bonchev–Trinajstić information content (AvgIpc) is 3.33. The number of hydrogen-bond acceptors (Lipinski definition) is 8. The number of anilines is 2. The van der Waals surface area contributed by atoms with E-state index in [1.165, 1.54) is 4.68 Å². The number of nitrogens with one attached hydrogen (secondary N) is 1. The van der Waals surface area contributed by atoms with Crippen LogP contribution in [0.5, 0.6) is 0 Å². The number of nitrogens with zero attached hydrogens (tertiary/aromatic N) is 7. The van der Waals surface area contributed by atoms with E-state index in [0.29, 0.717) is 39.6 Å². The molecule has 1 aromatic carbocycles. The van der Waals surface area contributed by atoms with Crippen molar-refractivity contribution < 1.29 is 14.4 Å². The van der Waals surface area contributed by atoms with Crippen molar-refractivity contribution in [3.63, 3.8) is 0 Å². The van der Waals surface area contributed by atoms with E-state index >= 15 is 0 Å². The second-order valence-corrected chi connectivity index (χ2v) is 11.8. The SMILES string of the molecule is NC(=O)c1nn(CC(=O)N2C(C(=O)Nc3cccc(Br)n3)CC3CC32)c2ccc(-c3cnc(N4CCCC4)nc3)cc12. The first-order chi connectivity index (χ1) is 20.4. The number of aromatic nitrogens is 5. The molecule has 12 nitrogen and oxygen atoms in total. The van der Waals surface area contributed by atoms with Gasteiger partial charge in [-0.05, 0) is 77.4 Å². The third-order valence-electron chi connectivity index (χ3n) is 8.29. The Bertz CT molecular complexity index is 1720. The van der Waals surface area contributed by atoms with E-state index in [1.807, 2.05) is 18.2 Å². The van der Waals surface area contributed by atoms with Crippen LogP contribution in [0, 0.1) is 5.92 Å². The Balaban J connectivity index is 1.13. The molecule has 13 heteroatoms. The first-order valence-electron chi connectivity index (χ1n) is 14.0. The van der Waals surface area contributed by atoms with Crippen LogP contribution in [0.25, 0.3) is 22.0 Å². The Morgan fingerprint density at radius 1 is 1.02 bits per heavy atom. The van der Waals surface area contributed by atoms with E-state index in [2.05, 4.69) is 46.2 Å². The summed E-state index contributed by atoms with van der Waals surface area (Å²) in [7, 11) is 0. The van der Waals surface area contributed by atoms with Gasteiger partial charge in [-0.25, -0.2) is 15.0 Å². The number of primary amides is 1. The number of carbonyl (C=O) groups excluding carboxylic acids is 3. The molecule has 0 spiro atoms. The standard InChI is InChI=1S/C29H28BrN9O3/c30-23-4-3-5-24(34-23)35-28(42)22-12-17-11-21(17)39(22)25(40)15-38-20-7-6-16(10-19(20)26(36-38)27(31)41)18-13-32-29(33-14-18)37-8-1-2-9-37/h3-7,10,13-14,17,21-22H,1-2,8-9,11-12,15H2,(H2,31,41)(H,34,35,42). The number of carbonyl (C=O) groups is 3. The van der Waals surface area contributed by atoms with E-state index in [4.69, 9.17) is 5.73 Å². The van der Waals surface area contributed by atoms with Gasteiger partial charge in [-0.3, -0.25) is 19.1 Å². The van der Waals surface area contributed by atoms with Crippen LogP contribution in [0.2, 0.25) is 0 Å². The highest BCUT2D eigenvalue weighted by molar-refractivity contribution is 9.10. The van der Waals surface area contributed by atoms with Crippen molar-refractivity contribution in [2.24, 2.45) is 11.7 Å². The molecule has 0 bridgehead atoms. The molecule has 3 atom stereocenters. The molecule has 1 aliphatic carbocycles. The fourth-order valence-corrected chi connectivity index (χ4v) is 6.50. The molecule has 1 saturated carbocycles. The topological polar surface area (TPSA) is 152 Å². The van der Waals surface area contributed by atoms with Gasteiger partial charge in [0.2, 0.25) is 17.8 Å². The van der Waals surface area contributed by atoms with Crippen molar-refractivity contribution in [2.75, 3.05) is 23.3 Å². The smallest absolute Gasteiger partial charge is 0.269 e. The van der Waals surface area contributed by atoms with Gasteiger partial charge >= 0.3 is 0 Å². The molecule has 42 heavy (non-hydrogen) atoms. The Morgan fingerprint density at radius 2 is 1.81 bits per heavy atom. The molecular weight excluding hydrogens is 602 g/mol. The van der Waals surface area contributed by atoms with Gasteiger partial charge < -0.3 is 20.9 Å². The van der Waals surface area contributed by atoms with Gasteiger partial charge in [0.05, 0.1) is 5.52 Å². The number of likely N-dealkylation sites (tertiary alicyclic amines) is 1. The number of benzene rings is 1. The molecule has 3 aliphatic rings. The predicted octanol–water partition coefficient (Wildman–Crippen LogP) is 2.98. The molecule has 4 aromatic rings. The van der Waals surface area contributed by atoms with Crippen LogP contribution in [-0.2, 0) is 16.1 Å². The summed E-state index contributed by atoms with van der Waals surface area (Å²) in [6.07, 6.45) is 7.30. The molecule has 3 fully saturated rings. The van der Waals surface area contributed by atoms with E-state index in [0.717, 1.165) is 43.5 Å². The maximum Gasteiger partial charge on any atom is 0.269 e. The Labute approximate surface area is 249 Å². The number of halogens is 1. The molecule has 214 valence electrons. The lowest BCUT2D eigenvalue weighted by Crippen LogP contribution is -2.46. The summed E-state index contributed by atoms with van der Waals surface area (Å²) in [6, 6.07) is 10.2. The first-order valence-corrected chi connectivity index (χ1v) is 14.8. The van der Waals surface area contributed by atoms with Crippen molar-refractivity contribution in [1.29, 1.82) is 0 Å². The van der Waals surface area contributed by atoms with Crippen molar-refractivity contribution >= 4 is 56.3 Å². The zero-order valence-electron chi connectivity index (χ0n) is 22.6. The zero-order valence-corrected chi connectivity index (χ0v) is 24.2. The average molecular weight is 631 g/mol. The summed E-state index contributed by atoms with van der Waals surface area (Å²) in [5.74, 6) is 0.229. The van der Waals surface area contributed by atoms with Gasteiger partial charge in [0, 0.05) is 42.5 Å². The summed E-state index contributed by atoms with van der Waals surface area (Å²) >= 11 is 3.31. The monoisotopic (exact) mass is 629 g/mol. The molecule has 7 rings (SSSR count). The predicted molar refractivity (Wildman–Crippen MR) is 158 cm³/mol. The van der Waals surface area contributed by atoms with Crippen LogP contribution in [0.3, 0.4) is 0 Å². The van der Waals surface area contributed by atoms with Crippen LogP contribution in [0.15, 0.2) is 53.4 Å². The maximum atomic E-state index is 13.7. The normalized spacial score (nSPS) is 21.0. The highest BCUT2D eigenvalue weighted by Crippen LogP contribution is 2.48. The number of nitrogens with two attached hydrogens (primary N) is 1. The number of fused-ring (bicyclic) bond motifs is 2. The lowest BCUT2D eigenvalue weighted by molar-refractivity contribution is -0.138. The van der Waals surface area contributed by atoms with Crippen LogP contribution in [0.4, 0.5) is 11.8 Å². The second kappa shape index (κ2) is 10.5. The Kier molecular flexibility index (Phi) is 6.60. The van der Waals surface area contributed by atoms with E-state index in [-0.39, 0.29) is 30.1 Å². The lowest BCUT2D eigenvalue weighted by atomic mass is 10.1. The summed E-state index contributed by atoms with van der Waals surface area (Å²) < 4.78 is 2.10. The minimum Gasteiger partial charge on any atom is -0.364 e. The number of amides is 3. The van der Waals surface area contributed by atoms with Crippen LogP contribution >= 0.6 is 15.9 Å². The number of hydrogen-bond donors (Lipinski definition) is 2. The van der Waals surface area contributed by atoms with Crippen LogP contribution in [-0.4, -0.2) is 72.5 Å². The van der Waals surface area contributed by atoms with Crippen molar-refractivity contribution in [2.45, 2.75) is 44.3 Å². The summed E-state index contributed by atoms with van der Waals surface area (Å²) in [6.45, 7) is 1.79.